The van der Waals surface area contributed by atoms with E-state index in [1.165, 1.54) is 0 Å². The first-order chi connectivity index (χ1) is 9.54. The minimum Gasteiger partial charge on any atom is -0.481 e. The fourth-order valence-corrected chi connectivity index (χ4v) is 2.52. The van der Waals surface area contributed by atoms with E-state index >= 15 is 0 Å². The molecule has 20 heavy (non-hydrogen) atoms. The molecule has 1 fully saturated rings. The van der Waals surface area contributed by atoms with Gasteiger partial charge in [0, 0.05) is 12.5 Å². The van der Waals surface area contributed by atoms with Crippen LogP contribution in [0.3, 0.4) is 0 Å². The van der Waals surface area contributed by atoms with Gasteiger partial charge >= 0.3 is 5.97 Å². The lowest BCUT2D eigenvalue weighted by molar-refractivity contribution is -0.137. The van der Waals surface area contributed by atoms with Gasteiger partial charge in [0.25, 0.3) is 0 Å². The van der Waals surface area contributed by atoms with Gasteiger partial charge in [0.1, 0.15) is 0 Å². The number of carbonyl (C=O) groups is 2. The molecule has 1 aromatic carbocycles. The third kappa shape index (κ3) is 3.38. The molecule has 2 N–H and O–H groups in total. The summed E-state index contributed by atoms with van der Waals surface area (Å²) >= 11 is 0. The van der Waals surface area contributed by atoms with Crippen molar-refractivity contribution in [2.45, 2.75) is 50.5 Å². The molecule has 4 heteroatoms. The Morgan fingerprint density at radius 2 is 1.95 bits per heavy atom. The third-order valence-electron chi connectivity index (χ3n) is 3.92. The van der Waals surface area contributed by atoms with E-state index in [0.29, 0.717) is 12.8 Å². The van der Waals surface area contributed by atoms with Crippen molar-refractivity contribution in [1.29, 1.82) is 0 Å². The summed E-state index contributed by atoms with van der Waals surface area (Å²) in [6.45, 7) is 1.93. The lowest BCUT2D eigenvalue weighted by atomic mass is 9.94. The topological polar surface area (TPSA) is 66.4 Å². The molecule has 4 nitrogen and oxygen atoms in total. The number of aliphatic carboxylic acids is 1. The second kappa shape index (κ2) is 6.07. The summed E-state index contributed by atoms with van der Waals surface area (Å²) in [6, 6.07) is 9.89. The molecule has 0 saturated heterocycles. The fraction of sp³-hybridized carbons (Fsp3) is 0.500. The SMILES string of the molecule is CC(CCCC(=O)O)NC(=O)C1(c2ccccc2)CC1. The summed E-state index contributed by atoms with van der Waals surface area (Å²) in [4.78, 5) is 22.9. The number of carbonyl (C=O) groups excluding carboxylic acids is 1. The van der Waals surface area contributed by atoms with E-state index in [4.69, 9.17) is 5.11 Å². The molecule has 1 saturated carbocycles. The van der Waals surface area contributed by atoms with Gasteiger partial charge in [-0.2, -0.15) is 0 Å². The van der Waals surface area contributed by atoms with Crippen LogP contribution in [0.2, 0.25) is 0 Å². The minimum absolute atomic E-state index is 0.0167. The van der Waals surface area contributed by atoms with Crippen LogP contribution in [0.1, 0.15) is 44.6 Å². The summed E-state index contributed by atoms with van der Waals surface area (Å²) in [7, 11) is 0. The number of nitrogens with one attached hydrogen (secondary N) is 1. The predicted molar refractivity (Wildman–Crippen MR) is 76.4 cm³/mol. The van der Waals surface area contributed by atoms with Crippen molar-refractivity contribution in [2.24, 2.45) is 0 Å². The van der Waals surface area contributed by atoms with Gasteiger partial charge in [-0.25, -0.2) is 0 Å². The van der Waals surface area contributed by atoms with E-state index in [-0.39, 0.29) is 23.8 Å². The second-order valence-corrected chi connectivity index (χ2v) is 5.61. The number of hydrogen-bond acceptors (Lipinski definition) is 2. The average molecular weight is 275 g/mol. The van der Waals surface area contributed by atoms with Crippen LogP contribution in [0, 0.1) is 0 Å². The number of carboxylic acids is 1. The maximum absolute atomic E-state index is 12.4. The van der Waals surface area contributed by atoms with Crippen molar-refractivity contribution in [1.82, 2.24) is 5.32 Å². The highest BCUT2D eigenvalue weighted by molar-refractivity contribution is 5.91. The zero-order chi connectivity index (χ0) is 14.6. The molecule has 1 aliphatic carbocycles. The van der Waals surface area contributed by atoms with Gasteiger partial charge in [-0.1, -0.05) is 30.3 Å². The largest absolute Gasteiger partial charge is 0.481 e. The summed E-state index contributed by atoms with van der Waals surface area (Å²) in [5.41, 5.74) is 0.734. The summed E-state index contributed by atoms with van der Waals surface area (Å²) in [5, 5.41) is 11.6. The quantitative estimate of drug-likeness (QED) is 0.803. The van der Waals surface area contributed by atoms with Gasteiger partial charge in [0.2, 0.25) is 5.91 Å². The van der Waals surface area contributed by atoms with E-state index in [1.54, 1.807) is 0 Å². The van der Waals surface area contributed by atoms with Crippen LogP contribution in [0.4, 0.5) is 0 Å². The van der Waals surface area contributed by atoms with Crippen LogP contribution >= 0.6 is 0 Å². The Bertz CT molecular complexity index is 480. The van der Waals surface area contributed by atoms with E-state index in [0.717, 1.165) is 18.4 Å². The number of benzene rings is 1. The van der Waals surface area contributed by atoms with Crippen LogP contribution in [-0.2, 0) is 15.0 Å². The van der Waals surface area contributed by atoms with Gasteiger partial charge in [-0.3, -0.25) is 9.59 Å². The normalized spacial score (nSPS) is 17.2. The Kier molecular flexibility index (Phi) is 4.42. The average Bonchev–Trinajstić information content (AvgIpc) is 3.20. The van der Waals surface area contributed by atoms with Crippen molar-refractivity contribution >= 4 is 11.9 Å². The summed E-state index contributed by atoms with van der Waals surface area (Å²) in [6.07, 6.45) is 3.23. The van der Waals surface area contributed by atoms with Gasteiger partial charge in [0.05, 0.1) is 5.41 Å². The number of carboxylic acid groups (broad SMARTS) is 1. The lowest BCUT2D eigenvalue weighted by Gasteiger charge is -2.20. The molecule has 1 unspecified atom stereocenters. The molecule has 108 valence electrons. The molecule has 0 bridgehead atoms. The predicted octanol–water partition coefficient (Wildman–Crippen LogP) is 2.48. The van der Waals surface area contributed by atoms with Crippen molar-refractivity contribution in [3.05, 3.63) is 35.9 Å². The molecule has 0 aliphatic heterocycles. The van der Waals surface area contributed by atoms with E-state index in [2.05, 4.69) is 5.32 Å². The maximum atomic E-state index is 12.4. The molecule has 0 heterocycles. The first kappa shape index (κ1) is 14.6. The number of rotatable bonds is 7. The molecule has 1 aromatic rings. The molecule has 1 atom stereocenters. The zero-order valence-electron chi connectivity index (χ0n) is 11.8. The van der Waals surface area contributed by atoms with E-state index in [1.807, 2.05) is 37.3 Å². The molecule has 0 radical (unpaired) electrons. The summed E-state index contributed by atoms with van der Waals surface area (Å²) < 4.78 is 0. The number of hydrogen-bond donors (Lipinski definition) is 2. The molecule has 0 aromatic heterocycles. The Labute approximate surface area is 119 Å². The Morgan fingerprint density at radius 1 is 1.30 bits per heavy atom. The van der Waals surface area contributed by atoms with Gasteiger partial charge < -0.3 is 10.4 Å². The Morgan fingerprint density at radius 3 is 2.50 bits per heavy atom. The first-order valence-electron chi connectivity index (χ1n) is 7.13. The Hall–Kier alpha value is -1.84. The molecular weight excluding hydrogens is 254 g/mol. The third-order valence-corrected chi connectivity index (χ3v) is 3.92. The molecular formula is C16H21NO3. The fourth-order valence-electron chi connectivity index (χ4n) is 2.52. The van der Waals surface area contributed by atoms with Crippen molar-refractivity contribution in [2.75, 3.05) is 0 Å². The minimum atomic E-state index is -0.786. The van der Waals surface area contributed by atoms with Crippen molar-refractivity contribution in [3.8, 4) is 0 Å². The standard InChI is InChI=1S/C16H21NO3/c1-12(6-5-9-14(18)19)17-15(20)16(10-11-16)13-7-3-2-4-8-13/h2-4,7-8,12H,5-6,9-11H2,1H3,(H,17,20)(H,18,19). The Balaban J connectivity index is 1.87. The van der Waals surface area contributed by atoms with Gasteiger partial charge in [0.15, 0.2) is 0 Å². The molecule has 1 amide bonds. The van der Waals surface area contributed by atoms with Crippen LogP contribution in [-0.4, -0.2) is 23.0 Å². The smallest absolute Gasteiger partial charge is 0.303 e. The zero-order valence-corrected chi connectivity index (χ0v) is 11.8. The van der Waals surface area contributed by atoms with Crippen LogP contribution in [0.25, 0.3) is 0 Å². The first-order valence-corrected chi connectivity index (χ1v) is 7.13. The molecule has 0 spiro atoms. The van der Waals surface area contributed by atoms with Crippen molar-refractivity contribution in [3.63, 3.8) is 0 Å². The van der Waals surface area contributed by atoms with Gasteiger partial charge in [-0.15, -0.1) is 0 Å². The monoisotopic (exact) mass is 275 g/mol. The second-order valence-electron chi connectivity index (χ2n) is 5.61. The number of amides is 1. The van der Waals surface area contributed by atoms with Crippen molar-refractivity contribution < 1.29 is 14.7 Å². The maximum Gasteiger partial charge on any atom is 0.303 e. The molecule has 1 aliphatic rings. The lowest BCUT2D eigenvalue weighted by Crippen LogP contribution is -2.40. The van der Waals surface area contributed by atoms with Gasteiger partial charge in [-0.05, 0) is 38.2 Å². The van der Waals surface area contributed by atoms with Crippen LogP contribution < -0.4 is 5.32 Å². The van der Waals surface area contributed by atoms with Crippen LogP contribution in [0.5, 0.6) is 0 Å². The summed E-state index contributed by atoms with van der Waals surface area (Å²) in [5.74, 6) is -0.710. The highest BCUT2D eigenvalue weighted by Gasteiger charge is 2.51. The van der Waals surface area contributed by atoms with E-state index < -0.39 is 5.97 Å². The highest BCUT2D eigenvalue weighted by Crippen LogP contribution is 2.48. The van der Waals surface area contributed by atoms with E-state index in [9.17, 15) is 9.59 Å². The highest BCUT2D eigenvalue weighted by atomic mass is 16.4. The molecule has 2 rings (SSSR count). The van der Waals surface area contributed by atoms with Crippen LogP contribution in [0.15, 0.2) is 30.3 Å².